The van der Waals surface area contributed by atoms with Crippen LogP contribution in [0.1, 0.15) is 81.2 Å². The van der Waals surface area contributed by atoms with E-state index in [-0.39, 0.29) is 16.2 Å². The number of fused-ring (bicyclic) bond motifs is 10. The molecule has 0 amide bonds. The van der Waals surface area contributed by atoms with Crippen LogP contribution >= 0.6 is 0 Å². The first-order valence-corrected chi connectivity index (χ1v) is 18.6. The molecule has 0 radical (unpaired) electrons. The summed E-state index contributed by atoms with van der Waals surface area (Å²) in [6.07, 6.45) is 5.28. The maximum Gasteiger partial charge on any atom is 0.159 e. The van der Waals surface area contributed by atoms with E-state index in [2.05, 4.69) is 130 Å². The number of nitrogens with zero attached hydrogens (tertiary/aromatic N) is 1. The SMILES string of the molecule is COc1ccc2c3c(c4c(c2c1)OC(c1ccccc1)(c1ccc(N2CCOCC2)cc1)CC4)C1(CC(C)(C)CC(C)(C)C1)c1ccccc1-3. The number of benzene rings is 5. The van der Waals surface area contributed by atoms with E-state index in [9.17, 15) is 0 Å². The lowest BCUT2D eigenvalue weighted by Crippen LogP contribution is -2.45. The molecule has 0 aromatic heterocycles. The molecule has 1 unspecified atom stereocenters. The van der Waals surface area contributed by atoms with Gasteiger partial charge in [0.2, 0.25) is 0 Å². The Balaban J connectivity index is 1.30. The van der Waals surface area contributed by atoms with Gasteiger partial charge in [-0.05, 0) is 112 Å². The molecule has 1 saturated heterocycles. The zero-order valence-electron chi connectivity index (χ0n) is 30.3. The highest BCUT2D eigenvalue weighted by atomic mass is 16.5. The normalized spacial score (nSPS) is 22.8. The summed E-state index contributed by atoms with van der Waals surface area (Å²) in [6, 6.07) is 36.0. The van der Waals surface area contributed by atoms with Crippen molar-refractivity contribution < 1.29 is 14.2 Å². The number of rotatable bonds is 4. The van der Waals surface area contributed by atoms with Gasteiger partial charge in [-0.3, -0.25) is 0 Å². The minimum Gasteiger partial charge on any atom is -0.497 e. The van der Waals surface area contributed by atoms with E-state index in [4.69, 9.17) is 14.2 Å². The van der Waals surface area contributed by atoms with Crippen molar-refractivity contribution in [1.82, 2.24) is 0 Å². The lowest BCUT2D eigenvalue weighted by molar-refractivity contribution is 0.0611. The summed E-state index contributed by atoms with van der Waals surface area (Å²) in [7, 11) is 1.77. The van der Waals surface area contributed by atoms with Gasteiger partial charge in [-0.1, -0.05) is 94.4 Å². The number of hydrogen-bond donors (Lipinski definition) is 0. The standard InChI is InChI=1S/C46H49NO3/c1-43(2)28-44(3,4)30-45(29-43)39-14-10-9-13-36(39)40-35-20-19-34(48-5)27-38(35)42-37(41(40)45)21-22-46(50-42,31-11-7-6-8-12-31)32-15-17-33(18-16-32)47-23-25-49-26-24-47/h6-20,27H,21-26,28-30H2,1-5H3. The zero-order chi connectivity index (χ0) is 34.3. The first kappa shape index (κ1) is 31.7. The molecule has 1 atom stereocenters. The van der Waals surface area contributed by atoms with Crippen molar-refractivity contribution in [3.63, 3.8) is 0 Å². The van der Waals surface area contributed by atoms with E-state index in [0.29, 0.717) is 0 Å². The molecule has 256 valence electrons. The van der Waals surface area contributed by atoms with Gasteiger partial charge < -0.3 is 19.1 Å². The van der Waals surface area contributed by atoms with Crippen LogP contribution in [0.3, 0.4) is 0 Å². The Bertz CT molecular complexity index is 2070. The first-order valence-electron chi connectivity index (χ1n) is 18.6. The molecule has 4 heteroatoms. The highest BCUT2D eigenvalue weighted by Crippen LogP contribution is 2.67. The minimum absolute atomic E-state index is 0.0781. The summed E-state index contributed by atoms with van der Waals surface area (Å²) in [5, 5.41) is 2.40. The fourth-order valence-electron chi connectivity index (χ4n) is 11.1. The molecule has 2 aliphatic heterocycles. The summed E-state index contributed by atoms with van der Waals surface area (Å²) in [5.41, 5.74) is 10.5. The maximum absolute atomic E-state index is 7.76. The predicted molar refractivity (Wildman–Crippen MR) is 204 cm³/mol. The van der Waals surface area contributed by atoms with Crippen molar-refractivity contribution in [3.8, 4) is 22.6 Å². The average Bonchev–Trinajstić information content (AvgIpc) is 3.39. The monoisotopic (exact) mass is 663 g/mol. The lowest BCUT2D eigenvalue weighted by atomic mass is 9.52. The van der Waals surface area contributed by atoms with E-state index in [0.717, 1.165) is 68.9 Å². The van der Waals surface area contributed by atoms with Crippen LogP contribution < -0.4 is 14.4 Å². The van der Waals surface area contributed by atoms with Crippen LogP contribution in [0.2, 0.25) is 0 Å². The highest BCUT2D eigenvalue weighted by Gasteiger charge is 2.56. The van der Waals surface area contributed by atoms with Crippen molar-refractivity contribution in [2.45, 2.75) is 70.8 Å². The van der Waals surface area contributed by atoms with Crippen LogP contribution in [0.5, 0.6) is 11.5 Å². The van der Waals surface area contributed by atoms with Crippen LogP contribution in [0, 0.1) is 10.8 Å². The van der Waals surface area contributed by atoms with Crippen LogP contribution in [0.4, 0.5) is 5.69 Å². The van der Waals surface area contributed by atoms with E-state index in [1.165, 1.54) is 56.4 Å². The number of morpholine rings is 1. The predicted octanol–water partition coefficient (Wildman–Crippen LogP) is 10.5. The molecule has 1 saturated carbocycles. The minimum atomic E-state index is -0.633. The van der Waals surface area contributed by atoms with E-state index in [1.807, 2.05) is 0 Å². The third kappa shape index (κ3) is 4.82. The molecule has 1 spiro atoms. The summed E-state index contributed by atoms with van der Waals surface area (Å²) in [6.45, 7) is 13.4. The molecule has 2 heterocycles. The van der Waals surface area contributed by atoms with Gasteiger partial charge in [-0.2, -0.15) is 0 Å². The Morgan fingerprint density at radius 1 is 0.700 bits per heavy atom. The Hall–Kier alpha value is -4.28. The molecular formula is C46H49NO3. The number of methoxy groups -OCH3 is 1. The largest absolute Gasteiger partial charge is 0.497 e. The number of anilines is 1. The number of ether oxygens (including phenoxy) is 3. The molecule has 9 rings (SSSR count). The molecule has 2 aliphatic carbocycles. The topological polar surface area (TPSA) is 30.9 Å². The van der Waals surface area contributed by atoms with Crippen molar-refractivity contribution in [2.75, 3.05) is 38.3 Å². The Morgan fingerprint density at radius 3 is 2.10 bits per heavy atom. The average molecular weight is 664 g/mol. The third-order valence-corrected chi connectivity index (χ3v) is 12.2. The van der Waals surface area contributed by atoms with Crippen molar-refractivity contribution in [1.29, 1.82) is 0 Å². The Kier molecular flexibility index (Phi) is 7.20. The quantitative estimate of drug-likeness (QED) is 0.192. The van der Waals surface area contributed by atoms with Gasteiger partial charge in [0, 0.05) is 35.1 Å². The van der Waals surface area contributed by atoms with E-state index in [1.54, 1.807) is 7.11 Å². The molecule has 4 aliphatic rings. The van der Waals surface area contributed by atoms with Crippen LogP contribution in [-0.4, -0.2) is 33.4 Å². The summed E-state index contributed by atoms with van der Waals surface area (Å²) in [4.78, 5) is 2.42. The molecule has 0 N–H and O–H groups in total. The lowest BCUT2D eigenvalue weighted by Gasteiger charge is -2.52. The van der Waals surface area contributed by atoms with Crippen LogP contribution in [0.25, 0.3) is 21.9 Å². The molecule has 50 heavy (non-hydrogen) atoms. The molecular weight excluding hydrogens is 615 g/mol. The zero-order valence-corrected chi connectivity index (χ0v) is 30.3. The van der Waals surface area contributed by atoms with Gasteiger partial charge in [0.25, 0.3) is 0 Å². The van der Waals surface area contributed by atoms with Crippen LogP contribution in [-0.2, 0) is 22.2 Å². The van der Waals surface area contributed by atoms with Gasteiger partial charge in [-0.15, -0.1) is 0 Å². The summed E-state index contributed by atoms with van der Waals surface area (Å²) >= 11 is 0. The third-order valence-electron chi connectivity index (χ3n) is 12.2. The van der Waals surface area contributed by atoms with E-state index >= 15 is 0 Å². The highest BCUT2D eigenvalue weighted by molar-refractivity contribution is 6.07. The second kappa shape index (κ2) is 11.4. The van der Waals surface area contributed by atoms with Crippen molar-refractivity contribution in [2.24, 2.45) is 10.8 Å². The Morgan fingerprint density at radius 2 is 1.38 bits per heavy atom. The number of hydrogen-bond acceptors (Lipinski definition) is 4. The second-order valence-corrected chi connectivity index (χ2v) is 16.9. The van der Waals surface area contributed by atoms with Gasteiger partial charge in [0.1, 0.15) is 11.5 Å². The van der Waals surface area contributed by atoms with Crippen molar-refractivity contribution in [3.05, 3.63) is 125 Å². The molecule has 5 aromatic rings. The fraction of sp³-hybridized carbons (Fsp3) is 0.391. The summed E-state index contributed by atoms with van der Waals surface area (Å²) in [5.74, 6) is 1.88. The van der Waals surface area contributed by atoms with Gasteiger partial charge in [0.05, 0.1) is 20.3 Å². The molecule has 0 bridgehead atoms. The van der Waals surface area contributed by atoms with Gasteiger partial charge in [-0.25, -0.2) is 0 Å². The maximum atomic E-state index is 7.76. The molecule has 2 fully saturated rings. The second-order valence-electron chi connectivity index (χ2n) is 16.9. The van der Waals surface area contributed by atoms with Gasteiger partial charge in [0.15, 0.2) is 5.60 Å². The van der Waals surface area contributed by atoms with Crippen molar-refractivity contribution >= 4 is 16.5 Å². The first-order chi connectivity index (χ1) is 24.1. The Labute approximate surface area is 297 Å². The smallest absolute Gasteiger partial charge is 0.159 e. The fourth-order valence-corrected chi connectivity index (χ4v) is 11.1. The van der Waals surface area contributed by atoms with E-state index < -0.39 is 5.60 Å². The molecule has 5 aromatic carbocycles. The van der Waals surface area contributed by atoms with Gasteiger partial charge >= 0.3 is 0 Å². The summed E-state index contributed by atoms with van der Waals surface area (Å²) < 4.78 is 19.3. The van der Waals surface area contributed by atoms with Crippen LogP contribution in [0.15, 0.2) is 97.1 Å². The molecule has 4 nitrogen and oxygen atoms in total.